The molecule has 3 heteroatoms. The quantitative estimate of drug-likeness (QED) is 0.804. The lowest BCUT2D eigenvalue weighted by molar-refractivity contribution is -0.137. The fourth-order valence-electron chi connectivity index (χ4n) is 2.97. The maximum atomic E-state index is 11.0. The minimum absolute atomic E-state index is 0.0362. The minimum atomic E-state index is -0.725. The third-order valence-corrected chi connectivity index (χ3v) is 4.00. The predicted molar refractivity (Wildman–Crippen MR) is 81.1 cm³/mol. The molecule has 1 unspecified atom stereocenters. The summed E-state index contributed by atoms with van der Waals surface area (Å²) in [6.45, 7) is 2.98. The van der Waals surface area contributed by atoms with Gasteiger partial charge >= 0.3 is 5.97 Å². The number of carboxylic acid groups (broad SMARTS) is 1. The highest BCUT2D eigenvalue weighted by molar-refractivity contribution is 5.67. The van der Waals surface area contributed by atoms with Gasteiger partial charge in [-0.25, -0.2) is 0 Å². The second-order valence-corrected chi connectivity index (χ2v) is 5.76. The van der Waals surface area contributed by atoms with Gasteiger partial charge in [-0.3, -0.25) is 4.79 Å². The molecule has 0 saturated carbocycles. The Morgan fingerprint density at radius 3 is 2.75 bits per heavy atom. The number of hydrogen-bond acceptors (Lipinski definition) is 2. The molecule has 2 rings (SSSR count). The smallest absolute Gasteiger partial charge is 0.304 e. The van der Waals surface area contributed by atoms with Crippen molar-refractivity contribution in [2.45, 2.75) is 57.9 Å². The third kappa shape index (κ3) is 4.34. The second kappa shape index (κ2) is 7.44. The summed E-state index contributed by atoms with van der Waals surface area (Å²) in [7, 11) is 0. The van der Waals surface area contributed by atoms with Crippen LogP contribution in [0.25, 0.3) is 0 Å². The molecule has 0 radical (unpaired) electrons. The number of fused-ring (bicyclic) bond motifs is 1. The van der Waals surface area contributed by atoms with Crippen molar-refractivity contribution >= 4 is 5.97 Å². The molecule has 0 heterocycles. The van der Waals surface area contributed by atoms with Crippen LogP contribution < -0.4 is 5.32 Å². The minimum Gasteiger partial charge on any atom is -0.481 e. The van der Waals surface area contributed by atoms with E-state index in [-0.39, 0.29) is 12.5 Å². The summed E-state index contributed by atoms with van der Waals surface area (Å²) < 4.78 is 0. The number of carboxylic acids is 1. The van der Waals surface area contributed by atoms with Gasteiger partial charge in [0, 0.05) is 6.04 Å². The van der Waals surface area contributed by atoms with Crippen LogP contribution in [-0.4, -0.2) is 23.7 Å². The summed E-state index contributed by atoms with van der Waals surface area (Å²) in [4.78, 5) is 11.0. The van der Waals surface area contributed by atoms with Crippen LogP contribution in [0.3, 0.4) is 0 Å². The summed E-state index contributed by atoms with van der Waals surface area (Å²) in [6, 6.07) is 6.74. The molecule has 1 aliphatic carbocycles. The number of carbonyl (C=O) groups is 1. The van der Waals surface area contributed by atoms with Crippen molar-refractivity contribution in [1.82, 2.24) is 5.32 Å². The molecular weight excluding hydrogens is 250 g/mol. The molecule has 0 bridgehead atoms. The molecule has 2 N–H and O–H groups in total. The van der Waals surface area contributed by atoms with Gasteiger partial charge in [0.25, 0.3) is 0 Å². The average molecular weight is 275 g/mol. The summed E-state index contributed by atoms with van der Waals surface area (Å²) in [5.41, 5.74) is 4.22. The SMILES string of the molecule is CCCNC(CC(=O)O)Cc1ccc2c(c1)CCCC2. The Hall–Kier alpha value is -1.35. The zero-order valence-electron chi connectivity index (χ0n) is 12.3. The Labute approximate surface area is 121 Å². The fraction of sp³-hybridized carbons (Fsp3) is 0.588. The number of aliphatic carboxylic acids is 1. The van der Waals surface area contributed by atoms with E-state index in [2.05, 4.69) is 30.4 Å². The van der Waals surface area contributed by atoms with Gasteiger partial charge < -0.3 is 10.4 Å². The fourth-order valence-corrected chi connectivity index (χ4v) is 2.97. The maximum Gasteiger partial charge on any atom is 0.304 e. The van der Waals surface area contributed by atoms with Crippen LogP contribution in [0.2, 0.25) is 0 Å². The molecule has 110 valence electrons. The van der Waals surface area contributed by atoms with Crippen molar-refractivity contribution in [3.05, 3.63) is 34.9 Å². The molecular formula is C17H25NO2. The normalized spacial score (nSPS) is 15.7. The van der Waals surface area contributed by atoms with Gasteiger partial charge in [0.05, 0.1) is 6.42 Å². The Morgan fingerprint density at radius 1 is 1.30 bits per heavy atom. The van der Waals surface area contributed by atoms with Gasteiger partial charge in [-0.05, 0) is 61.8 Å². The summed E-state index contributed by atoms with van der Waals surface area (Å²) in [6.07, 6.45) is 6.98. The van der Waals surface area contributed by atoms with Gasteiger partial charge in [-0.2, -0.15) is 0 Å². The molecule has 3 nitrogen and oxygen atoms in total. The van der Waals surface area contributed by atoms with Gasteiger partial charge in [0.15, 0.2) is 0 Å². The Morgan fingerprint density at radius 2 is 2.05 bits per heavy atom. The van der Waals surface area contributed by atoms with Gasteiger partial charge in [-0.15, -0.1) is 0 Å². The van der Waals surface area contributed by atoms with Gasteiger partial charge in [0.2, 0.25) is 0 Å². The van der Waals surface area contributed by atoms with E-state index in [0.717, 1.165) is 19.4 Å². The Balaban J connectivity index is 2.03. The molecule has 0 spiro atoms. The molecule has 0 amide bonds. The maximum absolute atomic E-state index is 11.0. The third-order valence-electron chi connectivity index (χ3n) is 4.00. The van der Waals surface area contributed by atoms with E-state index in [1.165, 1.54) is 42.4 Å². The number of rotatable bonds is 7. The lowest BCUT2D eigenvalue weighted by Crippen LogP contribution is -2.34. The van der Waals surface area contributed by atoms with Crippen molar-refractivity contribution in [2.24, 2.45) is 0 Å². The summed E-state index contributed by atoms with van der Waals surface area (Å²) in [5.74, 6) is -0.725. The van der Waals surface area contributed by atoms with E-state index in [9.17, 15) is 4.79 Å². The summed E-state index contributed by atoms with van der Waals surface area (Å²) in [5, 5.41) is 12.4. The highest BCUT2D eigenvalue weighted by atomic mass is 16.4. The van der Waals surface area contributed by atoms with Crippen LogP contribution >= 0.6 is 0 Å². The number of nitrogens with one attached hydrogen (secondary N) is 1. The molecule has 0 aromatic heterocycles. The van der Waals surface area contributed by atoms with E-state index in [1.807, 2.05) is 0 Å². The van der Waals surface area contributed by atoms with Crippen molar-refractivity contribution in [1.29, 1.82) is 0 Å². The Bertz CT molecular complexity index is 456. The molecule has 1 aromatic rings. The number of aryl methyl sites for hydroxylation is 2. The van der Waals surface area contributed by atoms with Crippen molar-refractivity contribution in [3.8, 4) is 0 Å². The lowest BCUT2D eigenvalue weighted by atomic mass is 9.89. The number of hydrogen-bond donors (Lipinski definition) is 2. The number of benzene rings is 1. The van der Waals surface area contributed by atoms with Crippen molar-refractivity contribution in [2.75, 3.05) is 6.54 Å². The van der Waals surface area contributed by atoms with Crippen LogP contribution in [0, 0.1) is 0 Å². The topological polar surface area (TPSA) is 49.3 Å². The molecule has 20 heavy (non-hydrogen) atoms. The van der Waals surface area contributed by atoms with E-state index < -0.39 is 5.97 Å². The molecule has 0 aliphatic heterocycles. The van der Waals surface area contributed by atoms with Gasteiger partial charge in [-0.1, -0.05) is 25.1 Å². The molecule has 1 aliphatic rings. The van der Waals surface area contributed by atoms with E-state index in [4.69, 9.17) is 5.11 Å². The first kappa shape index (κ1) is 15.0. The molecule has 0 saturated heterocycles. The highest BCUT2D eigenvalue weighted by Crippen LogP contribution is 2.23. The predicted octanol–water partition coefficient (Wildman–Crippen LogP) is 2.95. The van der Waals surface area contributed by atoms with Crippen LogP contribution in [0.4, 0.5) is 0 Å². The van der Waals surface area contributed by atoms with Crippen LogP contribution in [0.15, 0.2) is 18.2 Å². The van der Waals surface area contributed by atoms with Gasteiger partial charge in [0.1, 0.15) is 0 Å². The van der Waals surface area contributed by atoms with Crippen molar-refractivity contribution < 1.29 is 9.90 Å². The van der Waals surface area contributed by atoms with Crippen molar-refractivity contribution in [3.63, 3.8) is 0 Å². The molecule has 1 atom stereocenters. The van der Waals surface area contributed by atoms with E-state index >= 15 is 0 Å². The van der Waals surface area contributed by atoms with E-state index in [1.54, 1.807) is 0 Å². The first-order valence-corrected chi connectivity index (χ1v) is 7.75. The largest absolute Gasteiger partial charge is 0.481 e. The van der Waals surface area contributed by atoms with E-state index in [0.29, 0.717) is 0 Å². The Kier molecular flexibility index (Phi) is 5.60. The standard InChI is InChI=1S/C17H25NO2/c1-2-9-18-16(12-17(19)20)11-13-7-8-14-5-3-4-6-15(14)10-13/h7-8,10,16,18H,2-6,9,11-12H2,1H3,(H,19,20). The average Bonchev–Trinajstić information content (AvgIpc) is 2.44. The van der Waals surface area contributed by atoms with Crippen LogP contribution in [-0.2, 0) is 24.1 Å². The lowest BCUT2D eigenvalue weighted by Gasteiger charge is -2.20. The molecule has 1 aromatic carbocycles. The van der Waals surface area contributed by atoms with Crippen LogP contribution in [0.5, 0.6) is 0 Å². The first-order chi connectivity index (χ1) is 9.69. The first-order valence-electron chi connectivity index (χ1n) is 7.75. The summed E-state index contributed by atoms with van der Waals surface area (Å²) >= 11 is 0. The highest BCUT2D eigenvalue weighted by Gasteiger charge is 2.15. The zero-order valence-corrected chi connectivity index (χ0v) is 12.3. The zero-order chi connectivity index (χ0) is 14.4. The second-order valence-electron chi connectivity index (χ2n) is 5.76. The van der Waals surface area contributed by atoms with Crippen LogP contribution in [0.1, 0.15) is 49.3 Å². The monoisotopic (exact) mass is 275 g/mol. The molecule has 0 fully saturated rings.